The third kappa shape index (κ3) is 7.33. The van der Waals surface area contributed by atoms with Crippen molar-refractivity contribution < 1.29 is 17.8 Å². The summed E-state index contributed by atoms with van der Waals surface area (Å²) in [6, 6.07) is 30.4. The number of carbonyl (C=O) groups excluding carboxylic acids is 1. The summed E-state index contributed by atoms with van der Waals surface area (Å²) in [5.74, 6) is 0. The van der Waals surface area contributed by atoms with Gasteiger partial charge in [0.15, 0.2) is 0 Å². The van der Waals surface area contributed by atoms with E-state index in [9.17, 15) is 13.2 Å². The highest BCUT2D eigenvalue weighted by Gasteiger charge is 2.08. The Bertz CT molecular complexity index is 1390. The van der Waals surface area contributed by atoms with Gasteiger partial charge in [-0.25, -0.2) is 4.79 Å². The van der Waals surface area contributed by atoms with E-state index in [2.05, 4.69) is 21.3 Å². The summed E-state index contributed by atoms with van der Waals surface area (Å²) in [6.45, 7) is 1.19. The van der Waals surface area contributed by atoms with Gasteiger partial charge in [-0.1, -0.05) is 42.5 Å². The third-order valence-electron chi connectivity index (χ3n) is 5.34. The van der Waals surface area contributed by atoms with Crippen LogP contribution in [-0.2, 0) is 23.2 Å². The molecule has 36 heavy (non-hydrogen) atoms. The van der Waals surface area contributed by atoms with Gasteiger partial charge in [0, 0.05) is 35.8 Å². The number of hydrogen-bond donors (Lipinski definition) is 5. The number of hydrogen-bond acceptors (Lipinski definition) is 5. The van der Waals surface area contributed by atoms with Crippen molar-refractivity contribution in [3.63, 3.8) is 0 Å². The molecule has 0 aromatic heterocycles. The van der Waals surface area contributed by atoms with Crippen molar-refractivity contribution in [3.8, 4) is 0 Å². The highest BCUT2D eigenvalue weighted by Crippen LogP contribution is 2.17. The van der Waals surface area contributed by atoms with E-state index in [1.165, 1.54) is 12.1 Å². The van der Waals surface area contributed by atoms with E-state index >= 15 is 0 Å². The minimum absolute atomic E-state index is 0.155. The average Bonchev–Trinajstić information content (AvgIpc) is 2.88. The lowest BCUT2D eigenvalue weighted by Gasteiger charge is -2.11. The molecule has 9 heteroatoms. The number of para-hydroxylation sites is 1. The van der Waals surface area contributed by atoms with Crippen LogP contribution in [0.3, 0.4) is 0 Å². The lowest BCUT2D eigenvalue weighted by atomic mass is 10.2. The summed E-state index contributed by atoms with van der Waals surface area (Å²) < 4.78 is 31.3. The van der Waals surface area contributed by atoms with Crippen molar-refractivity contribution in [2.75, 3.05) is 21.3 Å². The van der Waals surface area contributed by atoms with Crippen LogP contribution in [0.4, 0.5) is 27.5 Å². The SMILES string of the molecule is O=C(Nc1ccc(CNc2ccccc2)cc1)Nc1ccc(CNc2ccc(S(=O)(=O)O)cc2)cc1. The Morgan fingerprint density at radius 2 is 1.00 bits per heavy atom. The van der Waals surface area contributed by atoms with Gasteiger partial charge in [0.2, 0.25) is 0 Å². The molecule has 0 saturated carbocycles. The monoisotopic (exact) mass is 502 g/mol. The Morgan fingerprint density at radius 1 is 0.583 bits per heavy atom. The number of rotatable bonds is 9. The van der Waals surface area contributed by atoms with Crippen molar-refractivity contribution in [2.24, 2.45) is 0 Å². The van der Waals surface area contributed by atoms with Crippen LogP contribution in [0.5, 0.6) is 0 Å². The molecule has 4 rings (SSSR count). The topological polar surface area (TPSA) is 120 Å². The van der Waals surface area contributed by atoms with Gasteiger partial charge >= 0.3 is 6.03 Å². The minimum Gasteiger partial charge on any atom is -0.381 e. The number of benzene rings is 4. The zero-order chi connectivity index (χ0) is 25.4. The Labute approximate surface area is 210 Å². The molecule has 0 aliphatic rings. The second-order valence-corrected chi connectivity index (χ2v) is 9.47. The molecule has 0 radical (unpaired) electrons. The number of amides is 2. The van der Waals surface area contributed by atoms with Gasteiger partial charge in [-0.05, 0) is 71.8 Å². The fraction of sp³-hybridized carbons (Fsp3) is 0.0741. The second-order valence-electron chi connectivity index (χ2n) is 8.05. The van der Waals surface area contributed by atoms with Gasteiger partial charge in [-0.2, -0.15) is 8.42 Å². The predicted molar refractivity (Wildman–Crippen MR) is 143 cm³/mol. The molecule has 4 aromatic carbocycles. The molecule has 0 aliphatic carbocycles. The molecule has 0 bridgehead atoms. The van der Waals surface area contributed by atoms with Crippen LogP contribution in [0, 0.1) is 0 Å². The lowest BCUT2D eigenvalue weighted by molar-refractivity contribution is 0.262. The molecule has 0 atom stereocenters. The van der Waals surface area contributed by atoms with Gasteiger partial charge in [-0.3, -0.25) is 4.55 Å². The molecule has 0 spiro atoms. The van der Waals surface area contributed by atoms with Gasteiger partial charge < -0.3 is 21.3 Å². The molecule has 0 unspecified atom stereocenters. The number of carbonyl (C=O) groups is 1. The van der Waals surface area contributed by atoms with E-state index in [1.807, 2.05) is 66.7 Å². The van der Waals surface area contributed by atoms with E-state index in [4.69, 9.17) is 4.55 Å². The van der Waals surface area contributed by atoms with Crippen LogP contribution < -0.4 is 21.3 Å². The standard InChI is InChI=1S/C27H26N4O4S/c32-27(30-24-10-6-20(7-11-24)18-28-22-4-2-1-3-5-22)31-25-12-8-21(9-13-25)19-29-23-14-16-26(17-15-23)36(33,34)35/h1-17,28-29H,18-19H2,(H2,30,31,32)(H,33,34,35). The Balaban J connectivity index is 1.23. The van der Waals surface area contributed by atoms with E-state index in [0.29, 0.717) is 30.2 Å². The fourth-order valence-corrected chi connectivity index (χ4v) is 3.89. The first-order chi connectivity index (χ1) is 17.3. The summed E-state index contributed by atoms with van der Waals surface area (Å²) in [7, 11) is -4.21. The predicted octanol–water partition coefficient (Wildman–Crippen LogP) is 5.80. The first kappa shape index (κ1) is 24.8. The van der Waals surface area contributed by atoms with Crippen LogP contribution in [0.2, 0.25) is 0 Å². The molecular formula is C27H26N4O4S. The molecular weight excluding hydrogens is 476 g/mol. The molecule has 8 nitrogen and oxygen atoms in total. The van der Waals surface area contributed by atoms with Gasteiger partial charge in [0.1, 0.15) is 0 Å². The van der Waals surface area contributed by atoms with Crippen molar-refractivity contribution in [3.05, 3.63) is 114 Å². The number of urea groups is 1. The lowest BCUT2D eigenvalue weighted by Crippen LogP contribution is -2.19. The van der Waals surface area contributed by atoms with Crippen LogP contribution >= 0.6 is 0 Å². The second kappa shape index (κ2) is 11.4. The molecule has 2 amide bonds. The molecule has 184 valence electrons. The first-order valence-corrected chi connectivity index (χ1v) is 12.7. The van der Waals surface area contributed by atoms with Gasteiger partial charge in [0.05, 0.1) is 4.90 Å². The van der Waals surface area contributed by atoms with Gasteiger partial charge in [-0.15, -0.1) is 0 Å². The van der Waals surface area contributed by atoms with Gasteiger partial charge in [0.25, 0.3) is 10.1 Å². The Hall–Kier alpha value is -4.34. The highest BCUT2D eigenvalue weighted by atomic mass is 32.2. The maximum atomic E-state index is 12.4. The smallest absolute Gasteiger partial charge is 0.323 e. The van der Waals surface area contributed by atoms with E-state index in [0.717, 1.165) is 16.8 Å². The Morgan fingerprint density at radius 3 is 1.44 bits per heavy atom. The summed E-state index contributed by atoms with van der Waals surface area (Å²) in [5, 5.41) is 12.2. The molecule has 4 aromatic rings. The maximum Gasteiger partial charge on any atom is 0.323 e. The summed E-state index contributed by atoms with van der Waals surface area (Å²) in [5.41, 5.74) is 5.18. The van der Waals surface area contributed by atoms with Crippen LogP contribution in [-0.4, -0.2) is 19.0 Å². The normalized spacial score (nSPS) is 10.9. The van der Waals surface area contributed by atoms with Crippen LogP contribution in [0.1, 0.15) is 11.1 Å². The van der Waals surface area contributed by atoms with E-state index in [-0.39, 0.29) is 10.9 Å². The van der Waals surface area contributed by atoms with Crippen LogP contribution in [0.25, 0.3) is 0 Å². The molecule has 0 saturated heterocycles. The van der Waals surface area contributed by atoms with Crippen molar-refractivity contribution >= 4 is 38.9 Å². The molecule has 0 heterocycles. The first-order valence-electron chi connectivity index (χ1n) is 11.2. The molecule has 0 aliphatic heterocycles. The van der Waals surface area contributed by atoms with Crippen LogP contribution in [0.15, 0.2) is 108 Å². The zero-order valence-corrected chi connectivity index (χ0v) is 20.1. The molecule has 0 fully saturated rings. The maximum absolute atomic E-state index is 12.4. The highest BCUT2D eigenvalue weighted by molar-refractivity contribution is 7.85. The minimum atomic E-state index is -4.21. The summed E-state index contributed by atoms with van der Waals surface area (Å²) in [6.07, 6.45) is 0. The van der Waals surface area contributed by atoms with Crippen molar-refractivity contribution in [1.29, 1.82) is 0 Å². The van der Waals surface area contributed by atoms with E-state index < -0.39 is 10.1 Å². The average molecular weight is 503 g/mol. The molecule has 5 N–H and O–H groups in total. The third-order valence-corrected chi connectivity index (χ3v) is 6.21. The quantitative estimate of drug-likeness (QED) is 0.185. The Kier molecular flexibility index (Phi) is 7.84. The number of anilines is 4. The van der Waals surface area contributed by atoms with E-state index in [1.54, 1.807) is 24.3 Å². The largest absolute Gasteiger partial charge is 0.381 e. The zero-order valence-electron chi connectivity index (χ0n) is 19.3. The van der Waals surface area contributed by atoms with Crippen molar-refractivity contribution in [2.45, 2.75) is 18.0 Å². The van der Waals surface area contributed by atoms with Crippen molar-refractivity contribution in [1.82, 2.24) is 0 Å². The number of nitrogens with one attached hydrogen (secondary N) is 4. The summed E-state index contributed by atoms with van der Waals surface area (Å²) in [4.78, 5) is 12.2. The summed E-state index contributed by atoms with van der Waals surface area (Å²) >= 11 is 0. The fourth-order valence-electron chi connectivity index (χ4n) is 3.41.